The summed E-state index contributed by atoms with van der Waals surface area (Å²) in [7, 11) is 2.15. The lowest BCUT2D eigenvalue weighted by Gasteiger charge is -2.33. The lowest BCUT2D eigenvalue weighted by atomic mass is 9.98. The summed E-state index contributed by atoms with van der Waals surface area (Å²) in [4.78, 5) is 14.3. The summed E-state index contributed by atoms with van der Waals surface area (Å²) >= 11 is 0. The highest BCUT2D eigenvalue weighted by molar-refractivity contribution is 5.65. The number of hydrogen-bond acceptors (Lipinski definition) is 8. The first-order valence-electron chi connectivity index (χ1n) is 12.7. The molecular formula is C26H32N8O. The Morgan fingerprint density at radius 3 is 3.00 bits per heavy atom. The van der Waals surface area contributed by atoms with E-state index >= 15 is 0 Å². The van der Waals surface area contributed by atoms with Crippen LogP contribution >= 0.6 is 0 Å². The van der Waals surface area contributed by atoms with Crippen LogP contribution in [-0.4, -0.2) is 76.4 Å². The summed E-state index contributed by atoms with van der Waals surface area (Å²) < 4.78 is 8.19. The van der Waals surface area contributed by atoms with E-state index in [2.05, 4.69) is 52.5 Å². The highest BCUT2D eigenvalue weighted by Crippen LogP contribution is 2.38. The Bertz CT molecular complexity index is 1250. The van der Waals surface area contributed by atoms with Crippen molar-refractivity contribution in [3.05, 3.63) is 47.3 Å². The standard InChI is InChI=1S/C26H32N8O/c1-32-13-4-6-20(32)17-35-26-30-25(33-14-12-28-19(16-33)10-11-27)24-29-15-23(34(24)31-26)22-9-8-18-5-2-3-7-21(18)22/h2-3,5,7,15,19-20,22,28H,4,6,8-10,12-14,16-17H2,1H3/t19-,20-,22?/m0/s1. The summed E-state index contributed by atoms with van der Waals surface area (Å²) in [5, 5.41) is 17.5. The van der Waals surface area contributed by atoms with Crippen LogP contribution in [0.25, 0.3) is 5.65 Å². The van der Waals surface area contributed by atoms with Crippen LogP contribution in [0.2, 0.25) is 0 Å². The lowest BCUT2D eigenvalue weighted by Crippen LogP contribution is -2.51. The molecule has 35 heavy (non-hydrogen) atoms. The number of imidazole rings is 1. The number of fused-ring (bicyclic) bond motifs is 2. The average molecular weight is 473 g/mol. The van der Waals surface area contributed by atoms with E-state index in [-0.39, 0.29) is 12.0 Å². The van der Waals surface area contributed by atoms with Crippen LogP contribution in [0.1, 0.15) is 48.4 Å². The fourth-order valence-electron chi connectivity index (χ4n) is 5.87. The van der Waals surface area contributed by atoms with Gasteiger partial charge in [-0.2, -0.15) is 10.2 Å². The number of benzene rings is 1. The highest BCUT2D eigenvalue weighted by Gasteiger charge is 2.30. The molecule has 0 radical (unpaired) electrons. The second-order valence-electron chi connectivity index (χ2n) is 9.97. The monoisotopic (exact) mass is 472 g/mol. The minimum atomic E-state index is 0.108. The second-order valence-corrected chi connectivity index (χ2v) is 9.97. The summed E-state index contributed by atoms with van der Waals surface area (Å²) in [5.41, 5.74) is 4.61. The minimum absolute atomic E-state index is 0.108. The number of rotatable bonds is 6. The van der Waals surface area contributed by atoms with Gasteiger partial charge in [0.25, 0.3) is 0 Å². The molecule has 182 valence electrons. The zero-order valence-corrected chi connectivity index (χ0v) is 20.2. The van der Waals surface area contributed by atoms with Crippen molar-refractivity contribution in [2.75, 3.05) is 44.7 Å². The van der Waals surface area contributed by atoms with E-state index in [0.717, 1.165) is 56.1 Å². The predicted molar refractivity (Wildman–Crippen MR) is 133 cm³/mol. The molecule has 0 saturated carbocycles. The average Bonchev–Trinajstić information content (AvgIpc) is 3.60. The summed E-state index contributed by atoms with van der Waals surface area (Å²) in [6.07, 6.45) is 6.87. The maximum atomic E-state index is 9.22. The van der Waals surface area contributed by atoms with E-state index in [4.69, 9.17) is 19.8 Å². The summed E-state index contributed by atoms with van der Waals surface area (Å²) in [6, 6.07) is 11.9. The zero-order valence-electron chi connectivity index (χ0n) is 20.2. The molecule has 1 unspecified atom stereocenters. The molecule has 9 nitrogen and oxygen atoms in total. The Kier molecular flexibility index (Phi) is 6.00. The van der Waals surface area contributed by atoms with Crippen LogP contribution in [0.4, 0.5) is 5.82 Å². The Morgan fingerprint density at radius 2 is 2.14 bits per heavy atom. The largest absolute Gasteiger partial charge is 0.461 e. The van der Waals surface area contributed by atoms with Gasteiger partial charge in [-0.05, 0) is 50.4 Å². The Hall–Kier alpha value is -3.22. The van der Waals surface area contributed by atoms with Crippen molar-refractivity contribution in [3.63, 3.8) is 0 Å². The van der Waals surface area contributed by atoms with Crippen molar-refractivity contribution in [1.29, 1.82) is 5.26 Å². The number of aryl methyl sites for hydroxylation is 1. The first kappa shape index (κ1) is 22.3. The van der Waals surface area contributed by atoms with E-state index in [0.29, 0.717) is 31.6 Å². The topological polar surface area (TPSA) is 94.6 Å². The Morgan fingerprint density at radius 1 is 1.23 bits per heavy atom. The van der Waals surface area contributed by atoms with E-state index < -0.39 is 0 Å². The molecule has 1 aliphatic carbocycles. The number of nitrogens with one attached hydrogen (secondary N) is 1. The number of nitriles is 1. The molecule has 1 aromatic carbocycles. The lowest BCUT2D eigenvalue weighted by molar-refractivity contribution is 0.185. The first-order chi connectivity index (χ1) is 17.2. The molecule has 2 aromatic heterocycles. The van der Waals surface area contributed by atoms with Gasteiger partial charge in [0.15, 0.2) is 11.5 Å². The van der Waals surface area contributed by atoms with Gasteiger partial charge in [0, 0.05) is 37.6 Å². The van der Waals surface area contributed by atoms with E-state index in [1.807, 2.05) is 10.7 Å². The Balaban J connectivity index is 1.38. The van der Waals surface area contributed by atoms with Crippen LogP contribution in [0.5, 0.6) is 6.01 Å². The number of aromatic nitrogens is 4. The van der Waals surface area contributed by atoms with Crippen molar-refractivity contribution >= 4 is 11.5 Å². The van der Waals surface area contributed by atoms with Crippen molar-refractivity contribution in [2.45, 2.75) is 50.1 Å². The predicted octanol–water partition coefficient (Wildman–Crippen LogP) is 2.37. The molecule has 0 spiro atoms. The van der Waals surface area contributed by atoms with Gasteiger partial charge in [-0.25, -0.2) is 9.50 Å². The molecule has 3 aromatic rings. The maximum Gasteiger partial charge on any atom is 0.336 e. The van der Waals surface area contributed by atoms with Crippen LogP contribution in [-0.2, 0) is 6.42 Å². The molecule has 3 aliphatic rings. The van der Waals surface area contributed by atoms with Gasteiger partial charge >= 0.3 is 6.01 Å². The third-order valence-electron chi connectivity index (χ3n) is 7.81. The third-order valence-corrected chi connectivity index (χ3v) is 7.81. The van der Waals surface area contributed by atoms with Crippen molar-refractivity contribution in [1.82, 2.24) is 29.8 Å². The number of piperazine rings is 1. The molecule has 2 saturated heterocycles. The summed E-state index contributed by atoms with van der Waals surface area (Å²) in [6.45, 7) is 3.99. The molecule has 0 bridgehead atoms. The van der Waals surface area contributed by atoms with Crippen LogP contribution < -0.4 is 15.0 Å². The molecule has 3 atom stereocenters. The quantitative estimate of drug-likeness (QED) is 0.584. The molecule has 2 aliphatic heterocycles. The maximum absolute atomic E-state index is 9.22. The van der Waals surface area contributed by atoms with Crippen molar-refractivity contribution in [3.8, 4) is 12.1 Å². The van der Waals surface area contributed by atoms with Gasteiger partial charge in [-0.3, -0.25) is 0 Å². The molecule has 6 rings (SSSR count). The number of hydrogen-bond donors (Lipinski definition) is 1. The van der Waals surface area contributed by atoms with E-state index in [1.165, 1.54) is 17.5 Å². The number of ether oxygens (including phenoxy) is 1. The molecular weight excluding hydrogens is 440 g/mol. The minimum Gasteiger partial charge on any atom is -0.461 e. The number of likely N-dealkylation sites (N-methyl/N-ethyl adjacent to an activating group) is 1. The van der Waals surface area contributed by atoms with Gasteiger partial charge < -0.3 is 19.9 Å². The van der Waals surface area contributed by atoms with Crippen molar-refractivity contribution in [2.24, 2.45) is 0 Å². The number of nitrogens with zero attached hydrogens (tertiary/aromatic N) is 7. The van der Waals surface area contributed by atoms with Gasteiger partial charge in [0.2, 0.25) is 0 Å². The normalized spacial score (nSPS) is 24.6. The molecule has 1 N–H and O–H groups in total. The Labute approximate surface area is 205 Å². The van der Waals surface area contributed by atoms with Gasteiger partial charge in [-0.15, -0.1) is 5.10 Å². The smallest absolute Gasteiger partial charge is 0.336 e. The van der Waals surface area contributed by atoms with E-state index in [9.17, 15) is 5.26 Å². The van der Waals surface area contributed by atoms with Crippen LogP contribution in [0.15, 0.2) is 30.5 Å². The fourth-order valence-corrected chi connectivity index (χ4v) is 5.87. The fraction of sp³-hybridized carbons (Fsp3) is 0.538. The SMILES string of the molecule is CN1CCC[C@H]1COc1nc(N2CCN[C@@H](CC#N)C2)c2ncc(C3CCc4ccccc43)n2n1. The van der Waals surface area contributed by atoms with Gasteiger partial charge in [0.05, 0.1) is 24.4 Å². The zero-order chi connectivity index (χ0) is 23.8. The van der Waals surface area contributed by atoms with Crippen LogP contribution in [0, 0.1) is 11.3 Å². The summed E-state index contributed by atoms with van der Waals surface area (Å²) in [5.74, 6) is 1.05. The number of anilines is 1. The van der Waals surface area contributed by atoms with Gasteiger partial charge in [0.1, 0.15) is 6.61 Å². The first-order valence-corrected chi connectivity index (χ1v) is 12.7. The molecule has 9 heteroatoms. The van der Waals surface area contributed by atoms with Crippen molar-refractivity contribution < 1.29 is 4.74 Å². The van der Waals surface area contributed by atoms with E-state index in [1.54, 1.807) is 0 Å². The number of likely N-dealkylation sites (tertiary alicyclic amines) is 1. The van der Waals surface area contributed by atoms with Gasteiger partial charge in [-0.1, -0.05) is 24.3 Å². The third kappa shape index (κ3) is 4.21. The second kappa shape index (κ2) is 9.44. The molecule has 2 fully saturated rings. The molecule has 4 heterocycles. The molecule has 0 amide bonds. The van der Waals surface area contributed by atoms with Crippen LogP contribution in [0.3, 0.4) is 0 Å². The highest BCUT2D eigenvalue weighted by atomic mass is 16.5.